The van der Waals surface area contributed by atoms with Crippen LogP contribution in [0.3, 0.4) is 0 Å². The summed E-state index contributed by atoms with van der Waals surface area (Å²) in [4.78, 5) is 2.53. The van der Waals surface area contributed by atoms with Gasteiger partial charge in [0.2, 0.25) is 0 Å². The van der Waals surface area contributed by atoms with E-state index in [0.29, 0.717) is 0 Å². The van der Waals surface area contributed by atoms with Gasteiger partial charge in [-0.3, -0.25) is 0 Å². The highest BCUT2D eigenvalue weighted by Gasteiger charge is 2.47. The number of nitrogens with zero attached hydrogens (tertiary/aromatic N) is 1. The van der Waals surface area contributed by atoms with Gasteiger partial charge in [-0.2, -0.15) is 0 Å². The zero-order chi connectivity index (χ0) is 40.3. The summed E-state index contributed by atoms with van der Waals surface area (Å²) >= 11 is 0. The third kappa shape index (κ3) is 5.29. The summed E-state index contributed by atoms with van der Waals surface area (Å²) in [7, 11) is 0. The van der Waals surface area contributed by atoms with Crippen LogP contribution in [0.5, 0.6) is 0 Å². The first-order valence-electron chi connectivity index (χ1n) is 21.0. The molecule has 10 aromatic carbocycles. The molecule has 0 saturated heterocycles. The Labute approximate surface area is 355 Å². The average Bonchev–Trinajstić information content (AvgIpc) is 3.88. The van der Waals surface area contributed by atoms with E-state index in [-0.39, 0.29) is 0 Å². The molecule has 0 amide bonds. The third-order valence-corrected chi connectivity index (χ3v) is 12.8. The van der Waals surface area contributed by atoms with Crippen molar-refractivity contribution in [1.82, 2.24) is 0 Å². The van der Waals surface area contributed by atoms with Crippen molar-refractivity contribution < 1.29 is 4.42 Å². The molecule has 1 heterocycles. The van der Waals surface area contributed by atoms with Gasteiger partial charge in [0, 0.05) is 22.1 Å². The highest BCUT2D eigenvalue weighted by molar-refractivity contribution is 6.18. The fourth-order valence-corrected chi connectivity index (χ4v) is 10.2. The summed E-state index contributed by atoms with van der Waals surface area (Å²) in [6, 6.07) is 86.0. The van der Waals surface area contributed by atoms with E-state index >= 15 is 0 Å². The summed E-state index contributed by atoms with van der Waals surface area (Å²) < 4.78 is 6.94. The number of furan rings is 1. The van der Waals surface area contributed by atoms with Gasteiger partial charge in [-0.05, 0) is 80.0 Å². The SMILES string of the molecule is c1ccc(-c2ccc(N(c3ccccc3-c3cccc4ccccc34)c3cccc4c3-c3ccccc3C4(c3ccccc3)c3ccccc3)c3c2oc2ccccc23)cc1. The van der Waals surface area contributed by atoms with E-state index in [9.17, 15) is 0 Å². The maximum Gasteiger partial charge on any atom is 0.145 e. The molecule has 2 nitrogen and oxygen atoms in total. The van der Waals surface area contributed by atoms with E-state index in [1.807, 2.05) is 0 Å². The Balaban J connectivity index is 1.23. The Hall–Kier alpha value is -7.94. The minimum Gasteiger partial charge on any atom is -0.455 e. The highest BCUT2D eigenvalue weighted by Crippen LogP contribution is 2.60. The van der Waals surface area contributed by atoms with Crippen molar-refractivity contribution >= 4 is 49.8 Å². The van der Waals surface area contributed by atoms with Gasteiger partial charge in [0.15, 0.2) is 0 Å². The molecule has 2 heteroatoms. The van der Waals surface area contributed by atoms with E-state index in [2.05, 4.69) is 241 Å². The van der Waals surface area contributed by atoms with Crippen LogP contribution in [0.4, 0.5) is 17.1 Å². The zero-order valence-electron chi connectivity index (χ0n) is 33.4. The van der Waals surface area contributed by atoms with Gasteiger partial charge in [-0.1, -0.05) is 206 Å². The zero-order valence-corrected chi connectivity index (χ0v) is 33.4. The number of benzene rings is 10. The molecule has 1 aliphatic rings. The summed E-state index contributed by atoms with van der Waals surface area (Å²) in [5.74, 6) is 0. The van der Waals surface area contributed by atoms with Crippen molar-refractivity contribution in [1.29, 1.82) is 0 Å². The molecule has 0 unspecified atom stereocenters. The minimum atomic E-state index is -0.555. The van der Waals surface area contributed by atoms with Crippen molar-refractivity contribution in [3.05, 3.63) is 259 Å². The molecule has 0 radical (unpaired) electrons. The average molecular weight is 778 g/mol. The number of fused-ring (bicyclic) bond motifs is 7. The Bertz CT molecular complexity index is 3380. The summed E-state index contributed by atoms with van der Waals surface area (Å²) in [6.45, 7) is 0. The van der Waals surface area contributed by atoms with Crippen LogP contribution in [0.1, 0.15) is 22.3 Å². The Morgan fingerprint density at radius 3 is 1.69 bits per heavy atom. The van der Waals surface area contributed by atoms with Crippen molar-refractivity contribution in [3.63, 3.8) is 0 Å². The lowest BCUT2D eigenvalue weighted by Crippen LogP contribution is -2.28. The van der Waals surface area contributed by atoms with Crippen LogP contribution in [-0.2, 0) is 5.41 Å². The van der Waals surface area contributed by atoms with E-state index < -0.39 is 5.41 Å². The van der Waals surface area contributed by atoms with Crippen LogP contribution >= 0.6 is 0 Å². The molecule has 0 bridgehead atoms. The van der Waals surface area contributed by atoms with Crippen LogP contribution in [0.25, 0.3) is 66.1 Å². The first-order chi connectivity index (χ1) is 30.3. The van der Waals surface area contributed by atoms with E-state index in [0.717, 1.165) is 55.7 Å². The summed E-state index contributed by atoms with van der Waals surface area (Å²) in [5, 5.41) is 4.58. The second-order valence-electron chi connectivity index (χ2n) is 15.9. The van der Waals surface area contributed by atoms with Gasteiger partial charge in [0.1, 0.15) is 11.2 Å². The van der Waals surface area contributed by atoms with Gasteiger partial charge in [0.25, 0.3) is 0 Å². The summed E-state index contributed by atoms with van der Waals surface area (Å²) in [5.41, 5.74) is 16.4. The quantitative estimate of drug-likeness (QED) is 0.160. The van der Waals surface area contributed by atoms with Crippen LogP contribution in [0.15, 0.2) is 241 Å². The number of hydrogen-bond donors (Lipinski definition) is 0. The molecule has 286 valence electrons. The molecule has 61 heavy (non-hydrogen) atoms. The van der Waals surface area contributed by atoms with Gasteiger partial charge in [0.05, 0.1) is 27.9 Å². The van der Waals surface area contributed by atoms with Gasteiger partial charge >= 0.3 is 0 Å². The van der Waals surface area contributed by atoms with Crippen molar-refractivity contribution in [2.45, 2.75) is 5.41 Å². The molecule has 0 aliphatic heterocycles. The fraction of sp³-hybridized carbons (Fsp3) is 0.0169. The van der Waals surface area contributed by atoms with Crippen molar-refractivity contribution in [2.75, 3.05) is 4.90 Å². The molecule has 0 fully saturated rings. The maximum atomic E-state index is 6.94. The van der Waals surface area contributed by atoms with Crippen molar-refractivity contribution in [3.8, 4) is 33.4 Å². The maximum absolute atomic E-state index is 6.94. The lowest BCUT2D eigenvalue weighted by Gasteiger charge is -2.35. The first-order valence-corrected chi connectivity index (χ1v) is 21.0. The van der Waals surface area contributed by atoms with E-state index in [1.54, 1.807) is 0 Å². The van der Waals surface area contributed by atoms with Gasteiger partial charge < -0.3 is 9.32 Å². The van der Waals surface area contributed by atoms with Gasteiger partial charge in [-0.15, -0.1) is 0 Å². The van der Waals surface area contributed by atoms with Gasteiger partial charge in [-0.25, -0.2) is 0 Å². The third-order valence-electron chi connectivity index (χ3n) is 12.8. The number of para-hydroxylation sites is 2. The largest absolute Gasteiger partial charge is 0.455 e. The topological polar surface area (TPSA) is 16.4 Å². The molecule has 0 N–H and O–H groups in total. The smallest absolute Gasteiger partial charge is 0.145 e. The standard InChI is InChI=1S/C59H39NO/c1-4-20-41(21-5-1)45-38-39-54(57-49-31-14-17-37-55(49)61-58(45)57)60(52-35-16-13-29-47(52)46-32-18-23-40-22-10-11-28-44(40)46)53-36-19-34-51-56(53)48-30-12-15-33-50(48)59(51,42-24-6-2-7-25-42)43-26-8-3-9-27-43/h1-39H. The van der Waals surface area contributed by atoms with Crippen molar-refractivity contribution in [2.24, 2.45) is 0 Å². The number of anilines is 3. The van der Waals surface area contributed by atoms with E-state index in [4.69, 9.17) is 4.42 Å². The predicted octanol–water partition coefficient (Wildman–Crippen LogP) is 15.9. The number of rotatable bonds is 7. The molecular formula is C59H39NO. The molecule has 0 spiro atoms. The second kappa shape index (κ2) is 14.1. The van der Waals surface area contributed by atoms with Crippen LogP contribution in [0.2, 0.25) is 0 Å². The van der Waals surface area contributed by atoms with Crippen LogP contribution < -0.4 is 4.90 Å². The predicted molar refractivity (Wildman–Crippen MR) is 254 cm³/mol. The Morgan fingerprint density at radius 1 is 0.344 bits per heavy atom. The summed E-state index contributed by atoms with van der Waals surface area (Å²) in [6.07, 6.45) is 0. The lowest BCUT2D eigenvalue weighted by molar-refractivity contribution is 0.670. The molecule has 11 aromatic rings. The monoisotopic (exact) mass is 777 g/mol. The molecule has 0 saturated carbocycles. The number of hydrogen-bond acceptors (Lipinski definition) is 2. The molecular weight excluding hydrogens is 739 g/mol. The minimum absolute atomic E-state index is 0.555. The normalized spacial score (nSPS) is 12.7. The van der Waals surface area contributed by atoms with E-state index in [1.165, 1.54) is 49.7 Å². The highest BCUT2D eigenvalue weighted by atomic mass is 16.3. The second-order valence-corrected chi connectivity index (χ2v) is 15.9. The molecule has 1 aromatic heterocycles. The first kappa shape index (κ1) is 35.0. The molecule has 12 rings (SSSR count). The molecule has 0 atom stereocenters. The van der Waals surface area contributed by atoms with Crippen LogP contribution in [-0.4, -0.2) is 0 Å². The Kier molecular flexibility index (Phi) is 8.11. The fourth-order valence-electron chi connectivity index (χ4n) is 10.2. The molecule has 1 aliphatic carbocycles. The lowest BCUT2D eigenvalue weighted by atomic mass is 9.68. The Morgan fingerprint density at radius 2 is 0.902 bits per heavy atom. The van der Waals surface area contributed by atoms with Crippen LogP contribution in [0, 0.1) is 0 Å².